The molecule has 0 spiro atoms. The van der Waals surface area contributed by atoms with E-state index in [4.69, 9.17) is 20.6 Å². The molecular weight excluding hydrogens is 349 g/mol. The Balaban J connectivity index is 1.70. The number of aliphatic hydroxyl groups is 1. The first-order chi connectivity index (χ1) is 13.2. The number of ether oxygens (including phenoxy) is 3. The van der Waals surface area contributed by atoms with Crippen LogP contribution in [-0.2, 0) is 17.8 Å². The van der Waals surface area contributed by atoms with E-state index in [1.54, 1.807) is 18.2 Å². The number of nitrogens with zero attached hydrogens (tertiary/aromatic N) is 1. The highest BCUT2D eigenvalue weighted by molar-refractivity contribution is 5.44. The van der Waals surface area contributed by atoms with Crippen molar-refractivity contribution in [3.63, 3.8) is 0 Å². The average molecular weight is 371 g/mol. The van der Waals surface area contributed by atoms with E-state index < -0.39 is 6.10 Å². The summed E-state index contributed by atoms with van der Waals surface area (Å²) in [5, 5.41) is 10.3. The van der Waals surface area contributed by atoms with E-state index in [-0.39, 0.29) is 25.8 Å². The minimum atomic E-state index is -0.737. The zero-order valence-corrected chi connectivity index (χ0v) is 14.9. The standard InChI is InChI=1S/C21H22FNO4/c1-2-9-25-14-18(24)13-23(12-17-5-3-4-6-19(17)22)11-16-7-8-20-21(10-16)27-15-26-20/h1,3-8,10,18,24H,9,11-15H2/t18-/m0/s1. The molecule has 0 fully saturated rings. The second kappa shape index (κ2) is 9.38. The second-order valence-electron chi connectivity index (χ2n) is 6.32. The van der Waals surface area contributed by atoms with Gasteiger partial charge in [-0.25, -0.2) is 4.39 Å². The Morgan fingerprint density at radius 2 is 2.00 bits per heavy atom. The summed E-state index contributed by atoms with van der Waals surface area (Å²) in [7, 11) is 0. The molecule has 2 aromatic carbocycles. The fourth-order valence-corrected chi connectivity index (χ4v) is 2.95. The predicted molar refractivity (Wildman–Crippen MR) is 98.7 cm³/mol. The topological polar surface area (TPSA) is 51.2 Å². The van der Waals surface area contributed by atoms with Crippen LogP contribution in [0.2, 0.25) is 0 Å². The molecule has 1 aliphatic rings. The molecule has 142 valence electrons. The van der Waals surface area contributed by atoms with E-state index in [2.05, 4.69) is 5.92 Å². The van der Waals surface area contributed by atoms with Gasteiger partial charge in [-0.1, -0.05) is 30.2 Å². The highest BCUT2D eigenvalue weighted by Gasteiger charge is 2.18. The molecule has 0 radical (unpaired) electrons. The minimum absolute atomic E-state index is 0.124. The molecule has 1 heterocycles. The number of fused-ring (bicyclic) bond motifs is 1. The second-order valence-corrected chi connectivity index (χ2v) is 6.32. The number of hydrogen-bond donors (Lipinski definition) is 1. The van der Waals surface area contributed by atoms with E-state index in [1.165, 1.54) is 6.07 Å². The van der Waals surface area contributed by atoms with Crippen LogP contribution in [0.1, 0.15) is 11.1 Å². The molecule has 0 saturated carbocycles. The Kier molecular flexibility index (Phi) is 6.66. The zero-order chi connectivity index (χ0) is 19.1. The van der Waals surface area contributed by atoms with Gasteiger partial charge in [0.2, 0.25) is 6.79 Å². The summed E-state index contributed by atoms with van der Waals surface area (Å²) in [4.78, 5) is 1.96. The van der Waals surface area contributed by atoms with E-state index in [1.807, 2.05) is 23.1 Å². The van der Waals surface area contributed by atoms with Gasteiger partial charge in [-0.15, -0.1) is 6.42 Å². The van der Waals surface area contributed by atoms with Gasteiger partial charge in [0.15, 0.2) is 11.5 Å². The summed E-state index contributed by atoms with van der Waals surface area (Å²) in [5.74, 6) is 3.49. The molecule has 5 nitrogen and oxygen atoms in total. The zero-order valence-electron chi connectivity index (χ0n) is 14.9. The van der Waals surface area contributed by atoms with Gasteiger partial charge in [0.25, 0.3) is 0 Å². The maximum absolute atomic E-state index is 14.1. The fraction of sp³-hybridized carbons (Fsp3) is 0.333. The molecule has 3 rings (SSSR count). The minimum Gasteiger partial charge on any atom is -0.454 e. The fourth-order valence-electron chi connectivity index (χ4n) is 2.95. The SMILES string of the molecule is C#CCOC[C@@H](O)CN(Cc1ccc2c(c1)OCO2)Cc1ccccc1F. The molecule has 0 unspecified atom stereocenters. The highest BCUT2D eigenvalue weighted by Crippen LogP contribution is 2.33. The largest absolute Gasteiger partial charge is 0.454 e. The van der Waals surface area contributed by atoms with Gasteiger partial charge in [-0.2, -0.15) is 0 Å². The molecule has 0 bridgehead atoms. The summed E-state index contributed by atoms with van der Waals surface area (Å²) in [6.45, 7) is 1.66. The summed E-state index contributed by atoms with van der Waals surface area (Å²) in [6.07, 6.45) is 4.41. The van der Waals surface area contributed by atoms with Gasteiger partial charge in [0, 0.05) is 25.2 Å². The molecule has 1 N–H and O–H groups in total. The first-order valence-corrected chi connectivity index (χ1v) is 8.69. The normalized spacial score (nSPS) is 13.6. The summed E-state index contributed by atoms with van der Waals surface area (Å²) in [5.41, 5.74) is 1.54. The molecular formula is C21H22FNO4. The lowest BCUT2D eigenvalue weighted by Crippen LogP contribution is -2.34. The first kappa shape index (κ1) is 19.2. The molecule has 2 aromatic rings. The Morgan fingerprint density at radius 1 is 1.19 bits per heavy atom. The van der Waals surface area contributed by atoms with E-state index in [0.29, 0.717) is 36.7 Å². The van der Waals surface area contributed by atoms with Crippen molar-refractivity contribution < 1.29 is 23.7 Å². The van der Waals surface area contributed by atoms with Gasteiger partial charge in [-0.05, 0) is 23.8 Å². The predicted octanol–water partition coefficient (Wildman–Crippen LogP) is 2.57. The third-order valence-electron chi connectivity index (χ3n) is 4.16. The lowest BCUT2D eigenvalue weighted by atomic mass is 10.1. The van der Waals surface area contributed by atoms with Gasteiger partial charge in [0.05, 0.1) is 12.7 Å². The molecule has 27 heavy (non-hydrogen) atoms. The maximum Gasteiger partial charge on any atom is 0.231 e. The molecule has 0 amide bonds. The monoisotopic (exact) mass is 371 g/mol. The van der Waals surface area contributed by atoms with Crippen molar-refractivity contribution in [1.82, 2.24) is 4.90 Å². The summed E-state index contributed by atoms with van der Waals surface area (Å²) >= 11 is 0. The van der Waals surface area contributed by atoms with Crippen molar-refractivity contribution in [2.24, 2.45) is 0 Å². The Hall–Kier alpha value is -2.59. The van der Waals surface area contributed by atoms with Gasteiger partial charge < -0.3 is 19.3 Å². The molecule has 6 heteroatoms. The first-order valence-electron chi connectivity index (χ1n) is 8.69. The van der Waals surface area contributed by atoms with Crippen molar-refractivity contribution in [3.8, 4) is 23.8 Å². The van der Waals surface area contributed by atoms with Crippen LogP contribution in [0.5, 0.6) is 11.5 Å². The number of benzene rings is 2. The van der Waals surface area contributed by atoms with Crippen molar-refractivity contribution in [2.45, 2.75) is 19.2 Å². The Morgan fingerprint density at radius 3 is 2.81 bits per heavy atom. The van der Waals surface area contributed by atoms with E-state index >= 15 is 0 Å². The van der Waals surface area contributed by atoms with Crippen LogP contribution >= 0.6 is 0 Å². The number of rotatable bonds is 9. The van der Waals surface area contributed by atoms with Crippen LogP contribution in [0.4, 0.5) is 4.39 Å². The van der Waals surface area contributed by atoms with Crippen LogP contribution in [0.3, 0.4) is 0 Å². The molecule has 1 atom stereocenters. The maximum atomic E-state index is 14.1. The van der Waals surface area contributed by atoms with Crippen LogP contribution in [-0.4, -0.2) is 42.7 Å². The van der Waals surface area contributed by atoms with Crippen LogP contribution < -0.4 is 9.47 Å². The molecule has 0 saturated heterocycles. The van der Waals surface area contributed by atoms with Crippen molar-refractivity contribution in [2.75, 3.05) is 26.6 Å². The lowest BCUT2D eigenvalue weighted by Gasteiger charge is -2.25. The number of aliphatic hydroxyl groups excluding tert-OH is 1. The average Bonchev–Trinajstić information content (AvgIpc) is 3.11. The van der Waals surface area contributed by atoms with Crippen LogP contribution in [0, 0.1) is 18.2 Å². The van der Waals surface area contributed by atoms with Gasteiger partial charge >= 0.3 is 0 Å². The summed E-state index contributed by atoms with van der Waals surface area (Å²) in [6, 6.07) is 12.3. The number of hydrogen-bond acceptors (Lipinski definition) is 5. The van der Waals surface area contributed by atoms with E-state index in [9.17, 15) is 9.50 Å². The third kappa shape index (κ3) is 5.44. The molecule has 0 aliphatic carbocycles. The number of halogens is 1. The Bertz CT molecular complexity index is 805. The third-order valence-corrected chi connectivity index (χ3v) is 4.16. The lowest BCUT2D eigenvalue weighted by molar-refractivity contribution is 0.0241. The number of terminal acetylenes is 1. The van der Waals surface area contributed by atoms with Crippen molar-refractivity contribution >= 4 is 0 Å². The Labute approximate surface area is 158 Å². The van der Waals surface area contributed by atoms with Crippen LogP contribution in [0.15, 0.2) is 42.5 Å². The van der Waals surface area contributed by atoms with Crippen molar-refractivity contribution in [3.05, 3.63) is 59.4 Å². The summed E-state index contributed by atoms with van der Waals surface area (Å²) < 4.78 is 30.0. The quantitative estimate of drug-likeness (QED) is 0.542. The highest BCUT2D eigenvalue weighted by atomic mass is 19.1. The van der Waals surface area contributed by atoms with Gasteiger partial charge in [-0.3, -0.25) is 4.90 Å². The molecule has 1 aliphatic heterocycles. The van der Waals surface area contributed by atoms with Crippen molar-refractivity contribution in [1.29, 1.82) is 0 Å². The smallest absolute Gasteiger partial charge is 0.231 e. The van der Waals surface area contributed by atoms with E-state index in [0.717, 1.165) is 5.56 Å². The van der Waals surface area contributed by atoms with Crippen LogP contribution in [0.25, 0.3) is 0 Å². The van der Waals surface area contributed by atoms with Gasteiger partial charge in [0.1, 0.15) is 12.4 Å². The molecule has 0 aromatic heterocycles.